The summed E-state index contributed by atoms with van der Waals surface area (Å²) in [5.74, 6) is -0.447. The van der Waals surface area contributed by atoms with Gasteiger partial charge in [0.05, 0.1) is 5.56 Å². The molecule has 0 aliphatic rings. The van der Waals surface area contributed by atoms with E-state index in [1.165, 1.54) is 12.1 Å². The van der Waals surface area contributed by atoms with Gasteiger partial charge >= 0.3 is 0 Å². The highest BCUT2D eigenvalue weighted by molar-refractivity contribution is 6.05. The number of nitrogens with one attached hydrogen (secondary N) is 2. The SMILES string of the molecule is O=C(Nc1nnn[nH]1)c1ccccc1O. The highest BCUT2D eigenvalue weighted by Gasteiger charge is 2.11. The average Bonchev–Trinajstić information content (AvgIpc) is 2.71. The third-order valence-corrected chi connectivity index (χ3v) is 1.73. The zero-order valence-corrected chi connectivity index (χ0v) is 7.51. The van der Waals surface area contributed by atoms with Crippen molar-refractivity contribution < 1.29 is 9.90 Å². The number of anilines is 1. The fraction of sp³-hybridized carbons (Fsp3) is 0. The van der Waals surface area contributed by atoms with E-state index >= 15 is 0 Å². The molecule has 76 valence electrons. The van der Waals surface area contributed by atoms with Gasteiger partial charge in [0.25, 0.3) is 5.91 Å². The van der Waals surface area contributed by atoms with Crippen molar-refractivity contribution in [1.29, 1.82) is 0 Å². The van der Waals surface area contributed by atoms with E-state index < -0.39 is 5.91 Å². The molecule has 0 aliphatic heterocycles. The van der Waals surface area contributed by atoms with Crippen molar-refractivity contribution in [3.8, 4) is 5.75 Å². The molecule has 0 saturated carbocycles. The number of tetrazole rings is 1. The number of aromatic nitrogens is 4. The number of phenols is 1. The van der Waals surface area contributed by atoms with E-state index in [-0.39, 0.29) is 17.3 Å². The summed E-state index contributed by atoms with van der Waals surface area (Å²) in [6, 6.07) is 6.19. The van der Waals surface area contributed by atoms with Crippen LogP contribution >= 0.6 is 0 Å². The summed E-state index contributed by atoms with van der Waals surface area (Å²) >= 11 is 0. The number of amides is 1. The van der Waals surface area contributed by atoms with Crippen molar-refractivity contribution in [1.82, 2.24) is 20.6 Å². The van der Waals surface area contributed by atoms with Gasteiger partial charge in [-0.25, -0.2) is 5.10 Å². The van der Waals surface area contributed by atoms with Gasteiger partial charge in [0, 0.05) is 0 Å². The standard InChI is InChI=1S/C8H7N5O2/c14-6-4-2-1-3-5(6)7(15)9-8-10-12-13-11-8/h1-4,14H,(H2,9,10,11,12,13,15). The second-order valence-corrected chi connectivity index (χ2v) is 2.72. The van der Waals surface area contributed by atoms with Crippen LogP contribution < -0.4 is 5.32 Å². The predicted molar refractivity (Wildman–Crippen MR) is 50.2 cm³/mol. The first-order valence-corrected chi connectivity index (χ1v) is 4.10. The Morgan fingerprint density at radius 2 is 2.20 bits per heavy atom. The van der Waals surface area contributed by atoms with E-state index in [0.717, 1.165) is 0 Å². The normalized spacial score (nSPS) is 9.87. The number of benzene rings is 1. The van der Waals surface area contributed by atoms with Crippen molar-refractivity contribution in [2.75, 3.05) is 5.32 Å². The minimum Gasteiger partial charge on any atom is -0.507 e. The van der Waals surface area contributed by atoms with Gasteiger partial charge in [0.15, 0.2) is 0 Å². The highest BCUT2D eigenvalue weighted by atomic mass is 16.3. The summed E-state index contributed by atoms with van der Waals surface area (Å²) in [6.45, 7) is 0. The molecule has 7 heteroatoms. The molecule has 3 N–H and O–H groups in total. The van der Waals surface area contributed by atoms with Crippen LogP contribution in [0.25, 0.3) is 0 Å². The van der Waals surface area contributed by atoms with E-state index in [2.05, 4.69) is 25.9 Å². The van der Waals surface area contributed by atoms with Gasteiger partial charge in [-0.1, -0.05) is 17.2 Å². The van der Waals surface area contributed by atoms with Crippen LogP contribution in [-0.2, 0) is 0 Å². The molecule has 15 heavy (non-hydrogen) atoms. The number of phenolic OH excluding ortho intramolecular Hbond substituents is 1. The molecule has 0 spiro atoms. The zero-order valence-electron chi connectivity index (χ0n) is 7.51. The minimum absolute atomic E-state index is 0.0949. The van der Waals surface area contributed by atoms with Gasteiger partial charge in [0.2, 0.25) is 5.95 Å². The molecular formula is C8H7N5O2. The summed E-state index contributed by atoms with van der Waals surface area (Å²) in [5.41, 5.74) is 0.161. The van der Waals surface area contributed by atoms with Crippen molar-refractivity contribution in [3.05, 3.63) is 29.8 Å². The van der Waals surface area contributed by atoms with Crippen LogP contribution in [0.2, 0.25) is 0 Å². The Kier molecular flexibility index (Phi) is 2.28. The Morgan fingerprint density at radius 1 is 1.40 bits per heavy atom. The summed E-state index contributed by atoms with van der Waals surface area (Å²) in [6.07, 6.45) is 0. The fourth-order valence-electron chi connectivity index (χ4n) is 1.05. The second-order valence-electron chi connectivity index (χ2n) is 2.72. The number of aromatic hydroxyl groups is 1. The van der Waals surface area contributed by atoms with Crippen LogP contribution in [0.4, 0.5) is 5.95 Å². The van der Waals surface area contributed by atoms with Crippen LogP contribution in [0.5, 0.6) is 5.75 Å². The summed E-state index contributed by atoms with van der Waals surface area (Å²) in [5, 5.41) is 24.2. The third-order valence-electron chi connectivity index (χ3n) is 1.73. The summed E-state index contributed by atoms with van der Waals surface area (Å²) in [4.78, 5) is 11.5. The quantitative estimate of drug-likeness (QED) is 0.647. The molecular weight excluding hydrogens is 198 g/mol. The Bertz CT molecular complexity index is 468. The highest BCUT2D eigenvalue weighted by Crippen LogP contribution is 2.16. The van der Waals surface area contributed by atoms with Crippen LogP contribution in [0.3, 0.4) is 0 Å². The van der Waals surface area contributed by atoms with Crippen molar-refractivity contribution in [3.63, 3.8) is 0 Å². The number of aromatic amines is 1. The van der Waals surface area contributed by atoms with Crippen LogP contribution in [0.1, 0.15) is 10.4 Å². The Balaban J connectivity index is 2.19. The van der Waals surface area contributed by atoms with E-state index in [1.54, 1.807) is 12.1 Å². The molecule has 0 aliphatic carbocycles. The number of H-pyrrole nitrogens is 1. The van der Waals surface area contributed by atoms with E-state index in [1.807, 2.05) is 0 Å². The molecule has 2 rings (SSSR count). The molecule has 0 atom stereocenters. The van der Waals surface area contributed by atoms with E-state index in [9.17, 15) is 9.90 Å². The lowest BCUT2D eigenvalue weighted by Gasteiger charge is -2.02. The average molecular weight is 205 g/mol. The van der Waals surface area contributed by atoms with Crippen LogP contribution in [-0.4, -0.2) is 31.6 Å². The number of hydrogen-bond acceptors (Lipinski definition) is 5. The van der Waals surface area contributed by atoms with Gasteiger partial charge in [-0.2, -0.15) is 0 Å². The molecule has 7 nitrogen and oxygen atoms in total. The summed E-state index contributed by atoms with van der Waals surface area (Å²) in [7, 11) is 0. The Hall–Kier alpha value is -2.44. The molecule has 1 aromatic heterocycles. The summed E-state index contributed by atoms with van der Waals surface area (Å²) < 4.78 is 0. The molecule has 0 radical (unpaired) electrons. The number of carbonyl (C=O) groups excluding carboxylic acids is 1. The monoisotopic (exact) mass is 205 g/mol. The van der Waals surface area contributed by atoms with Crippen molar-refractivity contribution in [2.45, 2.75) is 0 Å². The van der Waals surface area contributed by atoms with Gasteiger partial charge in [0.1, 0.15) is 5.75 Å². The van der Waals surface area contributed by atoms with Gasteiger partial charge < -0.3 is 5.11 Å². The molecule has 1 aromatic carbocycles. The second kappa shape index (κ2) is 3.74. The Labute approximate surface area is 84.1 Å². The molecule has 1 heterocycles. The zero-order chi connectivity index (χ0) is 10.7. The lowest BCUT2D eigenvalue weighted by molar-refractivity contribution is 0.102. The first-order chi connectivity index (χ1) is 7.27. The predicted octanol–water partition coefficient (Wildman–Crippen LogP) is 0.158. The van der Waals surface area contributed by atoms with E-state index in [0.29, 0.717) is 0 Å². The largest absolute Gasteiger partial charge is 0.507 e. The number of nitrogens with zero attached hydrogens (tertiary/aromatic N) is 3. The lowest BCUT2D eigenvalue weighted by Crippen LogP contribution is -2.13. The van der Waals surface area contributed by atoms with Gasteiger partial charge in [-0.3, -0.25) is 10.1 Å². The topological polar surface area (TPSA) is 104 Å². The fourth-order valence-corrected chi connectivity index (χ4v) is 1.05. The molecule has 0 bridgehead atoms. The minimum atomic E-state index is -0.480. The van der Waals surface area contributed by atoms with Crippen LogP contribution in [0.15, 0.2) is 24.3 Å². The van der Waals surface area contributed by atoms with E-state index in [4.69, 9.17) is 0 Å². The first-order valence-electron chi connectivity index (χ1n) is 4.10. The first kappa shape index (κ1) is 9.13. The molecule has 0 unspecified atom stereocenters. The molecule has 0 fully saturated rings. The molecule has 1 amide bonds. The Morgan fingerprint density at radius 3 is 2.87 bits per heavy atom. The smallest absolute Gasteiger partial charge is 0.261 e. The van der Waals surface area contributed by atoms with Gasteiger partial charge in [-0.15, -0.1) is 0 Å². The van der Waals surface area contributed by atoms with Crippen LogP contribution in [0, 0.1) is 0 Å². The third kappa shape index (κ3) is 1.90. The molecule has 0 saturated heterocycles. The number of carbonyl (C=O) groups is 1. The number of rotatable bonds is 2. The maximum Gasteiger partial charge on any atom is 0.261 e. The van der Waals surface area contributed by atoms with Crippen molar-refractivity contribution >= 4 is 11.9 Å². The van der Waals surface area contributed by atoms with Gasteiger partial charge in [-0.05, 0) is 22.6 Å². The number of hydrogen-bond donors (Lipinski definition) is 3. The molecule has 2 aromatic rings. The number of para-hydroxylation sites is 1. The maximum absolute atomic E-state index is 11.5. The lowest BCUT2D eigenvalue weighted by atomic mass is 10.2. The van der Waals surface area contributed by atoms with Crippen molar-refractivity contribution in [2.24, 2.45) is 0 Å². The maximum atomic E-state index is 11.5.